The zero-order valence-electron chi connectivity index (χ0n) is 53.5. The SMILES string of the molecule is CCCCCCCCCCCCCC(=O)OC[C@H](COP(=O)(O)OC[C@@H](O)COP(=O)(O)OC[C@@H](COC(=O)CCCCCCCCC(C)C)OC(=O)CCCCCCCCCCCCC)OC(=O)CCCCCCCCCCCC(C)C. The van der Waals surface area contributed by atoms with Crippen LogP contribution < -0.4 is 0 Å². The lowest BCUT2D eigenvalue weighted by molar-refractivity contribution is -0.161. The Morgan fingerprint density at radius 2 is 0.554 bits per heavy atom. The molecule has 0 heterocycles. The molecule has 0 saturated carbocycles. The van der Waals surface area contributed by atoms with E-state index in [4.69, 9.17) is 37.0 Å². The van der Waals surface area contributed by atoms with Gasteiger partial charge in [-0.3, -0.25) is 37.3 Å². The number of rotatable bonds is 63. The molecule has 0 saturated heterocycles. The Hall–Kier alpha value is -1.94. The first-order chi connectivity index (χ1) is 39.9. The molecule has 0 aromatic rings. The zero-order valence-corrected chi connectivity index (χ0v) is 55.3. The molecule has 0 aliphatic heterocycles. The van der Waals surface area contributed by atoms with Gasteiger partial charge in [-0.25, -0.2) is 9.13 Å². The van der Waals surface area contributed by atoms with Gasteiger partial charge in [-0.2, -0.15) is 0 Å². The summed E-state index contributed by atoms with van der Waals surface area (Å²) >= 11 is 0. The van der Waals surface area contributed by atoms with E-state index in [0.29, 0.717) is 31.6 Å². The van der Waals surface area contributed by atoms with Crippen LogP contribution in [0.25, 0.3) is 0 Å². The number of unbranched alkanes of at least 4 members (excludes halogenated alkanes) is 33. The van der Waals surface area contributed by atoms with E-state index in [1.807, 2.05) is 0 Å². The third kappa shape index (κ3) is 58.8. The maximum atomic E-state index is 13.0. The highest BCUT2D eigenvalue weighted by Crippen LogP contribution is 2.45. The minimum atomic E-state index is -4.94. The second-order valence-corrected chi connectivity index (χ2v) is 27.0. The van der Waals surface area contributed by atoms with Crippen LogP contribution in [0.5, 0.6) is 0 Å². The summed E-state index contributed by atoms with van der Waals surface area (Å²) < 4.78 is 68.0. The van der Waals surface area contributed by atoms with Gasteiger partial charge in [0.2, 0.25) is 0 Å². The summed E-state index contributed by atoms with van der Waals surface area (Å²) in [6, 6.07) is 0. The van der Waals surface area contributed by atoms with Crippen molar-refractivity contribution in [2.45, 2.75) is 336 Å². The van der Waals surface area contributed by atoms with E-state index in [1.54, 1.807) is 0 Å². The number of carbonyl (C=O) groups excluding carboxylic acids is 4. The first-order valence-corrected chi connectivity index (χ1v) is 36.5. The average Bonchev–Trinajstić information content (AvgIpc) is 3.46. The van der Waals surface area contributed by atoms with Gasteiger partial charge in [-0.15, -0.1) is 0 Å². The van der Waals surface area contributed by atoms with Crippen LogP contribution in [0.4, 0.5) is 0 Å². The van der Waals surface area contributed by atoms with Crippen LogP contribution in [0.2, 0.25) is 0 Å². The number of ether oxygens (including phenoxy) is 4. The normalized spacial score (nSPS) is 14.3. The fraction of sp³-hybridized carbons (Fsp3) is 0.938. The number of phosphoric acid groups is 2. The third-order valence-electron chi connectivity index (χ3n) is 14.7. The van der Waals surface area contributed by atoms with Crippen LogP contribution in [-0.4, -0.2) is 96.7 Å². The van der Waals surface area contributed by atoms with Gasteiger partial charge in [-0.05, 0) is 37.5 Å². The fourth-order valence-electron chi connectivity index (χ4n) is 9.53. The lowest BCUT2D eigenvalue weighted by atomic mass is 10.0. The summed E-state index contributed by atoms with van der Waals surface area (Å²) in [6.07, 6.45) is 39.0. The van der Waals surface area contributed by atoms with Crippen LogP contribution in [0, 0.1) is 11.8 Å². The minimum Gasteiger partial charge on any atom is -0.462 e. The second kappa shape index (κ2) is 56.6. The van der Waals surface area contributed by atoms with Crippen molar-refractivity contribution in [1.29, 1.82) is 0 Å². The predicted octanol–water partition coefficient (Wildman–Crippen LogP) is 17.7. The van der Waals surface area contributed by atoms with Crippen molar-refractivity contribution in [3.8, 4) is 0 Å². The van der Waals surface area contributed by atoms with Crippen molar-refractivity contribution in [2.75, 3.05) is 39.6 Å². The quantitative estimate of drug-likeness (QED) is 0.0222. The molecule has 3 N–H and O–H groups in total. The maximum absolute atomic E-state index is 13.0. The van der Waals surface area contributed by atoms with E-state index in [2.05, 4.69) is 41.5 Å². The third-order valence-corrected chi connectivity index (χ3v) is 16.6. The van der Waals surface area contributed by atoms with Crippen LogP contribution in [0.15, 0.2) is 0 Å². The number of aliphatic hydroxyl groups excluding tert-OH is 1. The molecule has 83 heavy (non-hydrogen) atoms. The van der Waals surface area contributed by atoms with Gasteiger partial charge in [0.25, 0.3) is 0 Å². The molecule has 0 amide bonds. The molecule has 0 rings (SSSR count). The van der Waals surface area contributed by atoms with Gasteiger partial charge in [-0.1, -0.05) is 266 Å². The number of esters is 4. The van der Waals surface area contributed by atoms with Crippen molar-refractivity contribution in [3.05, 3.63) is 0 Å². The first kappa shape index (κ1) is 81.1. The van der Waals surface area contributed by atoms with Crippen LogP contribution in [0.1, 0.15) is 318 Å². The lowest BCUT2D eigenvalue weighted by Crippen LogP contribution is -2.30. The minimum absolute atomic E-state index is 0.105. The molecule has 492 valence electrons. The van der Waals surface area contributed by atoms with Crippen molar-refractivity contribution >= 4 is 39.5 Å². The highest BCUT2D eigenvalue weighted by Gasteiger charge is 2.30. The van der Waals surface area contributed by atoms with Crippen molar-refractivity contribution in [1.82, 2.24) is 0 Å². The Labute approximate surface area is 505 Å². The Balaban J connectivity index is 5.24. The van der Waals surface area contributed by atoms with E-state index in [9.17, 15) is 43.2 Å². The van der Waals surface area contributed by atoms with E-state index >= 15 is 0 Å². The summed E-state index contributed by atoms with van der Waals surface area (Å²) in [6.45, 7) is 9.38. The Bertz CT molecular complexity index is 1630. The molecule has 0 spiro atoms. The first-order valence-electron chi connectivity index (χ1n) is 33.5. The van der Waals surface area contributed by atoms with Gasteiger partial charge in [0, 0.05) is 25.7 Å². The summed E-state index contributed by atoms with van der Waals surface area (Å²) in [7, 11) is -9.89. The molecule has 0 fully saturated rings. The number of aliphatic hydroxyl groups is 1. The van der Waals surface area contributed by atoms with Crippen LogP contribution in [-0.2, 0) is 65.4 Å². The molecule has 0 aromatic carbocycles. The number of carbonyl (C=O) groups is 4. The van der Waals surface area contributed by atoms with Crippen LogP contribution in [0.3, 0.4) is 0 Å². The van der Waals surface area contributed by atoms with Crippen molar-refractivity contribution in [3.63, 3.8) is 0 Å². The molecule has 5 atom stereocenters. The Morgan fingerprint density at radius 3 is 0.819 bits per heavy atom. The zero-order chi connectivity index (χ0) is 61.5. The largest absolute Gasteiger partial charge is 0.472 e. The second-order valence-electron chi connectivity index (χ2n) is 24.1. The number of hydrogen-bond acceptors (Lipinski definition) is 15. The topological polar surface area (TPSA) is 237 Å². The summed E-state index contributed by atoms with van der Waals surface area (Å²) in [5.41, 5.74) is 0. The van der Waals surface area contributed by atoms with E-state index in [-0.39, 0.29) is 25.7 Å². The molecule has 0 bridgehead atoms. The van der Waals surface area contributed by atoms with Gasteiger partial charge in [0.05, 0.1) is 26.4 Å². The highest BCUT2D eigenvalue weighted by atomic mass is 31.2. The molecular formula is C64H124O17P2. The molecule has 0 radical (unpaired) electrons. The van der Waals surface area contributed by atoms with E-state index < -0.39 is 97.5 Å². The summed E-state index contributed by atoms with van der Waals surface area (Å²) in [5.74, 6) is -0.718. The van der Waals surface area contributed by atoms with E-state index in [0.717, 1.165) is 102 Å². The smallest absolute Gasteiger partial charge is 0.462 e. The summed E-state index contributed by atoms with van der Waals surface area (Å²) in [5, 5.41) is 10.5. The van der Waals surface area contributed by atoms with Crippen molar-refractivity contribution < 1.29 is 80.2 Å². The molecule has 0 aliphatic rings. The van der Waals surface area contributed by atoms with Gasteiger partial charge < -0.3 is 33.8 Å². The Morgan fingerprint density at radius 1 is 0.325 bits per heavy atom. The predicted molar refractivity (Wildman–Crippen MR) is 331 cm³/mol. The maximum Gasteiger partial charge on any atom is 0.472 e. The fourth-order valence-corrected chi connectivity index (χ4v) is 11.1. The van der Waals surface area contributed by atoms with Gasteiger partial charge in [0.15, 0.2) is 12.2 Å². The summed E-state index contributed by atoms with van der Waals surface area (Å²) in [4.78, 5) is 72.2. The molecule has 17 nitrogen and oxygen atoms in total. The van der Waals surface area contributed by atoms with Crippen LogP contribution >= 0.6 is 15.6 Å². The van der Waals surface area contributed by atoms with Gasteiger partial charge >= 0.3 is 39.5 Å². The highest BCUT2D eigenvalue weighted by molar-refractivity contribution is 7.47. The van der Waals surface area contributed by atoms with Gasteiger partial charge in [0.1, 0.15) is 19.3 Å². The number of phosphoric ester groups is 2. The monoisotopic (exact) mass is 1230 g/mol. The lowest BCUT2D eigenvalue weighted by Gasteiger charge is -2.21. The molecule has 0 aliphatic carbocycles. The van der Waals surface area contributed by atoms with E-state index in [1.165, 1.54) is 128 Å². The number of hydrogen-bond donors (Lipinski definition) is 3. The molecule has 2 unspecified atom stereocenters. The Kier molecular flexibility index (Phi) is 55.2. The molecular weight excluding hydrogens is 1100 g/mol. The average molecular weight is 1230 g/mol. The molecule has 0 aromatic heterocycles. The molecule has 19 heteroatoms. The standard InChI is InChI=1S/C64H124O17P2/c1-7-9-11-13-15-17-19-23-27-34-40-46-61(66)74-52-59(80-64(69)49-43-37-29-25-21-22-26-32-38-44-56(3)4)54-78-82(70,71)76-50-58(65)51-77-83(72,73)79-55-60(53-75-62(67)47-41-35-31-30-33-39-45-57(5)6)81-63(68)48-42-36-28-24-20-18-16-14-12-10-8-2/h56-60,65H,7-55H2,1-6H3,(H,70,71)(H,72,73)/t58-,59-,60-/m1/s1. The van der Waals surface area contributed by atoms with Crippen molar-refractivity contribution in [2.24, 2.45) is 11.8 Å².